The summed E-state index contributed by atoms with van der Waals surface area (Å²) in [4.78, 5) is 28.2. The summed E-state index contributed by atoms with van der Waals surface area (Å²) in [6.45, 7) is 3.69. The van der Waals surface area contributed by atoms with E-state index in [0.717, 1.165) is 36.6 Å². The number of alkyl carbamates (subject to hydrolysis) is 1. The highest BCUT2D eigenvalue weighted by atomic mass is 32.2. The molecule has 0 radical (unpaired) electrons. The Morgan fingerprint density at radius 3 is 2.23 bits per heavy atom. The molecule has 0 saturated heterocycles. The van der Waals surface area contributed by atoms with Gasteiger partial charge in [-0.05, 0) is 61.3 Å². The zero-order valence-corrected chi connectivity index (χ0v) is 26.3. The fourth-order valence-electron chi connectivity index (χ4n) is 5.18. The van der Waals surface area contributed by atoms with Gasteiger partial charge in [-0.15, -0.1) is 0 Å². The Labute approximate surface area is 259 Å². The molecule has 4 N–H and O–H groups in total. The monoisotopic (exact) mass is 637 g/mol. The number of ether oxygens (including phenoxy) is 1. The van der Waals surface area contributed by atoms with Crippen molar-refractivity contribution < 1.29 is 36.6 Å². The lowest BCUT2D eigenvalue weighted by Crippen LogP contribution is -2.56. The van der Waals surface area contributed by atoms with Gasteiger partial charge in [0.2, 0.25) is 5.91 Å². The molecule has 1 aliphatic rings. The molecule has 1 aliphatic carbocycles. The van der Waals surface area contributed by atoms with Crippen LogP contribution in [0.5, 0.6) is 0 Å². The van der Waals surface area contributed by atoms with Gasteiger partial charge in [0, 0.05) is 25.2 Å². The molecule has 0 bridgehead atoms. The van der Waals surface area contributed by atoms with Crippen LogP contribution in [-0.4, -0.2) is 72.7 Å². The Balaban J connectivity index is 1.80. The molecule has 12 heteroatoms. The smallest absolute Gasteiger partial charge is 0.408 e. The fraction of sp³-hybridized carbons (Fsp3) is 0.562. The lowest BCUT2D eigenvalue weighted by Gasteiger charge is -2.32. The highest BCUT2D eigenvalue weighted by Crippen LogP contribution is 2.30. The largest absolute Gasteiger partial charge is 0.445 e. The maximum absolute atomic E-state index is 14.0. The fourth-order valence-corrected chi connectivity index (χ4v) is 7.34. The first-order valence-corrected chi connectivity index (χ1v) is 17.0. The molecule has 2 aromatic carbocycles. The summed E-state index contributed by atoms with van der Waals surface area (Å²) >= 11 is 0. The molecular formula is C32H45F2N3O6S. The van der Waals surface area contributed by atoms with Gasteiger partial charge in [0.05, 0.1) is 17.1 Å². The summed E-state index contributed by atoms with van der Waals surface area (Å²) < 4.78 is 59.8. The molecule has 3 atom stereocenters. The molecule has 1 saturated carbocycles. The van der Waals surface area contributed by atoms with Crippen molar-refractivity contribution >= 4 is 21.8 Å². The highest BCUT2D eigenvalue weighted by Gasteiger charge is 2.37. The second kappa shape index (κ2) is 16.8. The zero-order valence-electron chi connectivity index (χ0n) is 25.5. The van der Waals surface area contributed by atoms with Gasteiger partial charge in [-0.1, -0.05) is 57.0 Å². The number of sulfone groups is 1. The number of hydrogen-bond acceptors (Lipinski definition) is 7. The second-order valence-electron chi connectivity index (χ2n) is 11.7. The molecule has 0 heterocycles. The maximum Gasteiger partial charge on any atom is 0.408 e. The quantitative estimate of drug-likeness (QED) is 0.224. The molecule has 244 valence electrons. The van der Waals surface area contributed by atoms with Crippen LogP contribution in [0.3, 0.4) is 0 Å². The van der Waals surface area contributed by atoms with Crippen molar-refractivity contribution in [2.75, 3.05) is 18.8 Å². The Kier molecular flexibility index (Phi) is 13.5. The molecule has 9 nitrogen and oxygen atoms in total. The number of carbonyl (C=O) groups is 2. The molecule has 2 aromatic rings. The van der Waals surface area contributed by atoms with E-state index in [9.17, 15) is 31.9 Å². The highest BCUT2D eigenvalue weighted by molar-refractivity contribution is 7.92. The van der Waals surface area contributed by atoms with Crippen molar-refractivity contribution in [1.82, 2.24) is 10.2 Å². The lowest BCUT2D eigenvalue weighted by atomic mass is 10.0. The van der Waals surface area contributed by atoms with Gasteiger partial charge in [-0.25, -0.2) is 22.0 Å². The molecule has 1 fully saturated rings. The minimum absolute atomic E-state index is 0.0567. The van der Waals surface area contributed by atoms with Crippen LogP contribution in [0.2, 0.25) is 0 Å². The summed E-state index contributed by atoms with van der Waals surface area (Å²) in [5.74, 6) is -2.68. The topological polar surface area (TPSA) is 139 Å². The number of benzene rings is 2. The van der Waals surface area contributed by atoms with Crippen LogP contribution in [0.1, 0.15) is 63.5 Å². The minimum Gasteiger partial charge on any atom is -0.445 e. The van der Waals surface area contributed by atoms with Crippen LogP contribution in [0.4, 0.5) is 13.6 Å². The van der Waals surface area contributed by atoms with Crippen LogP contribution in [0, 0.1) is 17.6 Å². The van der Waals surface area contributed by atoms with E-state index in [1.807, 2.05) is 19.9 Å². The van der Waals surface area contributed by atoms with Crippen LogP contribution in [-0.2, 0) is 32.4 Å². The van der Waals surface area contributed by atoms with E-state index in [1.165, 1.54) is 4.90 Å². The SMILES string of the molecule is CCCC(CCC)S(=O)(=O)CC(NC(=O)OCc1ccccc1)C(=O)N(CC1CC1)C[C@@H](O)[C@@H](N)Cc1cc(F)cc(F)c1. The normalized spacial score (nSPS) is 15.4. The third-order valence-corrected chi connectivity index (χ3v) is 10.00. The maximum atomic E-state index is 14.0. The van der Waals surface area contributed by atoms with E-state index in [0.29, 0.717) is 25.7 Å². The van der Waals surface area contributed by atoms with Crippen molar-refractivity contribution in [2.45, 2.75) is 88.8 Å². The Morgan fingerprint density at radius 2 is 1.66 bits per heavy atom. The number of halogens is 2. The van der Waals surface area contributed by atoms with E-state index in [1.54, 1.807) is 24.3 Å². The molecule has 3 rings (SSSR count). The predicted molar refractivity (Wildman–Crippen MR) is 164 cm³/mol. The minimum atomic E-state index is -3.82. The van der Waals surface area contributed by atoms with Crippen LogP contribution in [0.25, 0.3) is 0 Å². The third-order valence-electron chi connectivity index (χ3n) is 7.71. The number of hydrogen-bond donors (Lipinski definition) is 3. The standard InChI is InChI=1S/C32H45F2N3O6S/c1-3-8-27(9-4-2)44(41,42)21-29(36-32(40)43-20-23-10-6-5-7-11-23)31(39)37(18-22-12-13-22)19-30(38)28(35)16-24-14-25(33)17-26(34)15-24/h5-7,10-11,14-15,17,22,27-30,38H,3-4,8-9,12-13,16,18-21,35H2,1-2H3,(H,36,40)/t28-,29?,30+/m0/s1. The van der Waals surface area contributed by atoms with Gasteiger partial charge in [-0.3, -0.25) is 4.79 Å². The average molecular weight is 638 g/mol. The second-order valence-corrected chi connectivity index (χ2v) is 14.0. The summed E-state index contributed by atoms with van der Waals surface area (Å²) in [7, 11) is -3.82. The van der Waals surface area contributed by atoms with Gasteiger partial charge in [0.25, 0.3) is 0 Å². The summed E-state index contributed by atoms with van der Waals surface area (Å²) in [5.41, 5.74) is 7.15. The van der Waals surface area contributed by atoms with E-state index in [2.05, 4.69) is 5.32 Å². The van der Waals surface area contributed by atoms with E-state index >= 15 is 0 Å². The number of nitrogens with two attached hydrogens (primary N) is 1. The molecule has 44 heavy (non-hydrogen) atoms. The predicted octanol–water partition coefficient (Wildman–Crippen LogP) is 4.11. The average Bonchev–Trinajstić information content (AvgIpc) is 3.79. The van der Waals surface area contributed by atoms with Crippen LogP contribution >= 0.6 is 0 Å². The third kappa shape index (κ3) is 11.4. The Bertz CT molecular complexity index is 1300. The zero-order chi connectivity index (χ0) is 32.3. The number of nitrogens with one attached hydrogen (secondary N) is 1. The molecule has 2 amide bonds. The van der Waals surface area contributed by atoms with E-state index in [4.69, 9.17) is 10.5 Å². The van der Waals surface area contributed by atoms with E-state index < -0.39 is 62.7 Å². The number of carbonyl (C=O) groups excluding carboxylic acids is 2. The number of rotatable bonds is 18. The van der Waals surface area contributed by atoms with Crippen molar-refractivity contribution in [2.24, 2.45) is 11.7 Å². The Hall–Kier alpha value is -3.09. The molecule has 0 aliphatic heterocycles. The number of nitrogens with zero attached hydrogens (tertiary/aromatic N) is 1. The first-order valence-electron chi connectivity index (χ1n) is 15.3. The number of aliphatic hydroxyl groups excluding tert-OH is 1. The van der Waals surface area contributed by atoms with Gasteiger partial charge < -0.3 is 25.8 Å². The first kappa shape index (κ1) is 35.4. The van der Waals surface area contributed by atoms with Crippen molar-refractivity contribution in [3.05, 3.63) is 71.3 Å². The number of aliphatic hydroxyl groups is 1. The van der Waals surface area contributed by atoms with Gasteiger partial charge in [0.1, 0.15) is 24.3 Å². The summed E-state index contributed by atoms with van der Waals surface area (Å²) in [6, 6.07) is 9.46. The van der Waals surface area contributed by atoms with Crippen molar-refractivity contribution in [1.29, 1.82) is 0 Å². The lowest BCUT2D eigenvalue weighted by molar-refractivity contribution is -0.134. The molecule has 0 spiro atoms. The van der Waals surface area contributed by atoms with Gasteiger partial charge in [0.15, 0.2) is 9.84 Å². The summed E-state index contributed by atoms with van der Waals surface area (Å²) in [6.07, 6.45) is 1.56. The first-order chi connectivity index (χ1) is 20.9. The summed E-state index contributed by atoms with van der Waals surface area (Å²) in [5, 5.41) is 12.8. The molecule has 0 aromatic heterocycles. The van der Waals surface area contributed by atoms with E-state index in [-0.39, 0.29) is 37.6 Å². The van der Waals surface area contributed by atoms with Gasteiger partial charge >= 0.3 is 6.09 Å². The number of amides is 2. The van der Waals surface area contributed by atoms with Crippen LogP contribution in [0.15, 0.2) is 48.5 Å². The Morgan fingerprint density at radius 1 is 1.05 bits per heavy atom. The molecular weight excluding hydrogens is 592 g/mol. The van der Waals surface area contributed by atoms with Crippen LogP contribution < -0.4 is 11.1 Å². The van der Waals surface area contributed by atoms with Crippen molar-refractivity contribution in [3.63, 3.8) is 0 Å². The van der Waals surface area contributed by atoms with Crippen molar-refractivity contribution in [3.8, 4) is 0 Å². The van der Waals surface area contributed by atoms with Gasteiger partial charge in [-0.2, -0.15) is 0 Å². The molecule has 1 unspecified atom stereocenters.